The summed E-state index contributed by atoms with van der Waals surface area (Å²) in [5, 5.41) is 3.53. The van der Waals surface area contributed by atoms with Crippen molar-refractivity contribution in [3.8, 4) is 5.75 Å². The van der Waals surface area contributed by atoms with Gasteiger partial charge in [0.25, 0.3) is 0 Å². The largest absolute Gasteiger partial charge is 0.496 e. The second-order valence-corrected chi connectivity index (χ2v) is 5.41. The summed E-state index contributed by atoms with van der Waals surface area (Å²) in [6.45, 7) is 6.25. The highest BCUT2D eigenvalue weighted by Crippen LogP contribution is 2.28. The van der Waals surface area contributed by atoms with E-state index in [1.165, 1.54) is 17.7 Å². The molecule has 112 valence electrons. The van der Waals surface area contributed by atoms with Crippen molar-refractivity contribution < 1.29 is 9.13 Å². The lowest BCUT2D eigenvalue weighted by Crippen LogP contribution is -2.23. The smallest absolute Gasteiger partial charge is 0.123 e. The molecule has 0 heterocycles. The minimum absolute atomic E-state index is 0.130. The van der Waals surface area contributed by atoms with Crippen molar-refractivity contribution in [2.24, 2.45) is 0 Å². The fourth-order valence-corrected chi connectivity index (χ4v) is 2.50. The van der Waals surface area contributed by atoms with Crippen LogP contribution >= 0.6 is 0 Å². The van der Waals surface area contributed by atoms with Crippen LogP contribution in [0.25, 0.3) is 0 Å². The average molecular weight is 287 g/mol. The molecule has 2 atom stereocenters. The van der Waals surface area contributed by atoms with Gasteiger partial charge in [-0.1, -0.05) is 29.8 Å². The van der Waals surface area contributed by atoms with Gasteiger partial charge in [-0.2, -0.15) is 0 Å². The van der Waals surface area contributed by atoms with Crippen LogP contribution in [0.1, 0.15) is 42.6 Å². The third-order valence-electron chi connectivity index (χ3n) is 3.72. The number of ether oxygens (including phenoxy) is 1. The van der Waals surface area contributed by atoms with Crippen molar-refractivity contribution >= 4 is 0 Å². The molecule has 0 amide bonds. The molecule has 21 heavy (non-hydrogen) atoms. The third kappa shape index (κ3) is 3.82. The van der Waals surface area contributed by atoms with E-state index >= 15 is 0 Å². The number of methoxy groups -OCH3 is 1. The number of rotatable bonds is 5. The Morgan fingerprint density at radius 2 is 1.67 bits per heavy atom. The van der Waals surface area contributed by atoms with Gasteiger partial charge in [-0.15, -0.1) is 0 Å². The number of hydrogen-bond donors (Lipinski definition) is 1. The molecule has 0 saturated heterocycles. The van der Waals surface area contributed by atoms with Crippen molar-refractivity contribution in [3.63, 3.8) is 0 Å². The molecule has 3 heteroatoms. The van der Waals surface area contributed by atoms with Crippen LogP contribution in [-0.4, -0.2) is 7.11 Å². The monoisotopic (exact) mass is 287 g/mol. The fourth-order valence-electron chi connectivity index (χ4n) is 2.50. The third-order valence-corrected chi connectivity index (χ3v) is 3.72. The van der Waals surface area contributed by atoms with Crippen LogP contribution in [0.15, 0.2) is 42.5 Å². The lowest BCUT2D eigenvalue weighted by atomic mass is 10.0. The van der Waals surface area contributed by atoms with Crippen molar-refractivity contribution in [3.05, 3.63) is 65.0 Å². The summed E-state index contributed by atoms with van der Waals surface area (Å²) in [4.78, 5) is 0. The molecule has 0 spiro atoms. The van der Waals surface area contributed by atoms with Crippen LogP contribution in [0.2, 0.25) is 0 Å². The lowest BCUT2D eigenvalue weighted by molar-refractivity contribution is 0.396. The van der Waals surface area contributed by atoms with E-state index in [-0.39, 0.29) is 17.9 Å². The van der Waals surface area contributed by atoms with Crippen LogP contribution in [0.5, 0.6) is 5.75 Å². The van der Waals surface area contributed by atoms with Gasteiger partial charge in [-0.25, -0.2) is 4.39 Å². The Kier molecular flexibility index (Phi) is 4.97. The lowest BCUT2D eigenvalue weighted by Gasteiger charge is -2.22. The molecular formula is C18H22FNO. The molecule has 2 aromatic rings. The van der Waals surface area contributed by atoms with Crippen molar-refractivity contribution in [2.75, 3.05) is 7.11 Å². The van der Waals surface area contributed by atoms with E-state index in [1.807, 2.05) is 24.3 Å². The molecule has 2 aromatic carbocycles. The molecule has 2 unspecified atom stereocenters. The Labute approximate surface area is 126 Å². The topological polar surface area (TPSA) is 21.3 Å². The molecule has 0 saturated carbocycles. The zero-order valence-electron chi connectivity index (χ0n) is 13.0. The van der Waals surface area contributed by atoms with E-state index in [9.17, 15) is 4.39 Å². The van der Waals surface area contributed by atoms with Crippen LogP contribution in [-0.2, 0) is 0 Å². The standard InChI is InChI=1S/C18H22FNO/c1-12-5-10-18(21-4)17(11-12)14(3)20-13(2)15-6-8-16(19)9-7-15/h5-11,13-14,20H,1-4H3. The first kappa shape index (κ1) is 15.5. The van der Waals surface area contributed by atoms with Crippen LogP contribution in [0.3, 0.4) is 0 Å². The second-order valence-electron chi connectivity index (χ2n) is 5.41. The Morgan fingerprint density at radius 1 is 1.00 bits per heavy atom. The zero-order chi connectivity index (χ0) is 15.4. The van der Waals surface area contributed by atoms with E-state index in [0.717, 1.165) is 16.9 Å². The summed E-state index contributed by atoms with van der Waals surface area (Å²) < 4.78 is 18.4. The first-order valence-corrected chi connectivity index (χ1v) is 7.17. The fraction of sp³-hybridized carbons (Fsp3) is 0.333. The molecule has 1 N–H and O–H groups in total. The Hall–Kier alpha value is -1.87. The second kappa shape index (κ2) is 6.72. The Morgan fingerprint density at radius 3 is 2.29 bits per heavy atom. The van der Waals surface area contributed by atoms with Crippen molar-refractivity contribution in [2.45, 2.75) is 32.9 Å². The predicted octanol–water partition coefficient (Wildman–Crippen LogP) is 4.55. The van der Waals surface area contributed by atoms with Gasteiger partial charge < -0.3 is 10.1 Å². The summed E-state index contributed by atoms with van der Waals surface area (Å²) in [6.07, 6.45) is 0. The van der Waals surface area contributed by atoms with E-state index in [1.54, 1.807) is 7.11 Å². The Balaban J connectivity index is 2.15. The first-order valence-electron chi connectivity index (χ1n) is 7.17. The van der Waals surface area contributed by atoms with Gasteiger partial charge in [0.1, 0.15) is 11.6 Å². The minimum Gasteiger partial charge on any atom is -0.496 e. The number of halogens is 1. The minimum atomic E-state index is -0.209. The van der Waals surface area contributed by atoms with Crippen molar-refractivity contribution in [1.82, 2.24) is 5.32 Å². The van der Waals surface area contributed by atoms with Crippen molar-refractivity contribution in [1.29, 1.82) is 0 Å². The first-order chi connectivity index (χ1) is 10.0. The number of nitrogens with one attached hydrogen (secondary N) is 1. The van der Waals surface area contributed by atoms with Gasteiger partial charge >= 0.3 is 0 Å². The number of hydrogen-bond acceptors (Lipinski definition) is 2. The van der Waals surface area contributed by atoms with Gasteiger partial charge in [-0.3, -0.25) is 0 Å². The van der Waals surface area contributed by atoms with Crippen LogP contribution < -0.4 is 10.1 Å². The van der Waals surface area contributed by atoms with Gasteiger partial charge in [0.2, 0.25) is 0 Å². The highest BCUT2D eigenvalue weighted by molar-refractivity contribution is 5.39. The van der Waals surface area contributed by atoms with Gasteiger partial charge in [0.15, 0.2) is 0 Å². The number of benzene rings is 2. The summed E-state index contributed by atoms with van der Waals surface area (Å²) in [5.41, 5.74) is 3.40. The zero-order valence-corrected chi connectivity index (χ0v) is 13.0. The van der Waals surface area contributed by atoms with Gasteiger partial charge in [0, 0.05) is 17.6 Å². The predicted molar refractivity (Wildman–Crippen MR) is 84.1 cm³/mol. The molecule has 2 rings (SSSR count). The Bertz CT molecular complexity index is 595. The maximum atomic E-state index is 13.0. The van der Waals surface area contributed by atoms with E-state index in [2.05, 4.69) is 32.2 Å². The van der Waals surface area contributed by atoms with Crippen LogP contribution in [0.4, 0.5) is 4.39 Å². The molecule has 2 nitrogen and oxygen atoms in total. The molecule has 0 radical (unpaired) electrons. The molecule has 0 aliphatic heterocycles. The van der Waals surface area contributed by atoms with Gasteiger partial charge in [0.05, 0.1) is 7.11 Å². The summed E-state index contributed by atoms with van der Waals surface area (Å²) in [6, 6.07) is 13.0. The van der Waals surface area contributed by atoms with Crippen LogP contribution in [0, 0.1) is 12.7 Å². The summed E-state index contributed by atoms with van der Waals surface area (Å²) in [5.74, 6) is 0.672. The SMILES string of the molecule is COc1ccc(C)cc1C(C)NC(C)c1ccc(F)cc1. The van der Waals surface area contributed by atoms with E-state index in [0.29, 0.717) is 0 Å². The maximum absolute atomic E-state index is 13.0. The molecule has 0 fully saturated rings. The average Bonchev–Trinajstić information content (AvgIpc) is 2.47. The molecule has 0 aliphatic rings. The highest BCUT2D eigenvalue weighted by Gasteiger charge is 2.15. The number of aryl methyl sites for hydroxylation is 1. The molecule has 0 aromatic heterocycles. The molecule has 0 bridgehead atoms. The quantitative estimate of drug-likeness (QED) is 0.870. The van der Waals surface area contributed by atoms with Gasteiger partial charge in [-0.05, 0) is 44.5 Å². The maximum Gasteiger partial charge on any atom is 0.123 e. The van der Waals surface area contributed by atoms with E-state index in [4.69, 9.17) is 4.74 Å². The molecular weight excluding hydrogens is 265 g/mol. The summed E-state index contributed by atoms with van der Waals surface area (Å²) >= 11 is 0. The van der Waals surface area contributed by atoms with E-state index < -0.39 is 0 Å². The normalized spacial score (nSPS) is 13.8. The highest BCUT2D eigenvalue weighted by atomic mass is 19.1. The molecule has 0 aliphatic carbocycles. The summed E-state index contributed by atoms with van der Waals surface area (Å²) in [7, 11) is 1.68.